The van der Waals surface area contributed by atoms with Crippen LogP contribution in [0.4, 0.5) is 5.82 Å². The van der Waals surface area contributed by atoms with Gasteiger partial charge in [-0.3, -0.25) is 9.48 Å². The average Bonchev–Trinajstić information content (AvgIpc) is 2.96. The minimum absolute atomic E-state index is 0.140. The summed E-state index contributed by atoms with van der Waals surface area (Å²) in [5.41, 5.74) is 3.93. The van der Waals surface area contributed by atoms with Crippen molar-refractivity contribution in [1.82, 2.24) is 14.3 Å². The van der Waals surface area contributed by atoms with E-state index in [1.54, 1.807) is 4.68 Å². The van der Waals surface area contributed by atoms with E-state index in [1.165, 1.54) is 5.69 Å². The van der Waals surface area contributed by atoms with Crippen molar-refractivity contribution >= 4 is 22.6 Å². The SMILES string of the molecule is Cc1cc(NC(=O)c2ccc3cc(C)n(C(C)C)c3c2)nn1C. The molecule has 0 spiro atoms. The molecule has 5 nitrogen and oxygen atoms in total. The monoisotopic (exact) mass is 310 g/mol. The number of hydrogen-bond donors (Lipinski definition) is 1. The van der Waals surface area contributed by atoms with Crippen molar-refractivity contribution in [3.63, 3.8) is 0 Å². The molecular weight excluding hydrogens is 288 g/mol. The van der Waals surface area contributed by atoms with Gasteiger partial charge >= 0.3 is 0 Å². The summed E-state index contributed by atoms with van der Waals surface area (Å²) in [5.74, 6) is 0.435. The van der Waals surface area contributed by atoms with E-state index in [1.807, 2.05) is 38.2 Å². The Morgan fingerprint density at radius 3 is 2.48 bits per heavy atom. The molecule has 0 atom stereocenters. The number of nitrogens with zero attached hydrogens (tertiary/aromatic N) is 3. The molecule has 23 heavy (non-hydrogen) atoms. The van der Waals surface area contributed by atoms with Gasteiger partial charge in [0, 0.05) is 41.6 Å². The van der Waals surface area contributed by atoms with Crippen LogP contribution in [0.1, 0.15) is 41.6 Å². The van der Waals surface area contributed by atoms with Crippen LogP contribution >= 0.6 is 0 Å². The first-order valence-electron chi connectivity index (χ1n) is 7.80. The van der Waals surface area contributed by atoms with Gasteiger partial charge in [0.15, 0.2) is 5.82 Å². The largest absolute Gasteiger partial charge is 0.342 e. The number of carbonyl (C=O) groups is 1. The van der Waals surface area contributed by atoms with E-state index in [4.69, 9.17) is 0 Å². The van der Waals surface area contributed by atoms with Crippen LogP contribution in [-0.4, -0.2) is 20.3 Å². The van der Waals surface area contributed by atoms with Crippen LogP contribution in [-0.2, 0) is 7.05 Å². The number of carbonyl (C=O) groups excluding carboxylic acids is 1. The molecule has 1 N–H and O–H groups in total. The van der Waals surface area contributed by atoms with Gasteiger partial charge in [0.1, 0.15) is 0 Å². The van der Waals surface area contributed by atoms with Crippen LogP contribution < -0.4 is 5.32 Å². The quantitative estimate of drug-likeness (QED) is 0.799. The standard InChI is InChI=1S/C18H22N4O/c1-11(2)22-13(4)8-14-6-7-15(10-16(14)22)18(23)19-17-9-12(3)21(5)20-17/h6-11H,1-5H3,(H,19,20,23). The Bertz CT molecular complexity index is 866. The maximum absolute atomic E-state index is 12.5. The number of fused-ring (bicyclic) bond motifs is 1. The second-order valence-electron chi connectivity index (χ2n) is 6.27. The average molecular weight is 310 g/mol. The normalized spacial score (nSPS) is 11.4. The van der Waals surface area contributed by atoms with Crippen molar-refractivity contribution in [3.05, 3.63) is 47.3 Å². The molecule has 1 amide bonds. The van der Waals surface area contributed by atoms with Crippen molar-refractivity contribution in [1.29, 1.82) is 0 Å². The predicted octanol–water partition coefficient (Wildman–Crippen LogP) is 3.82. The van der Waals surface area contributed by atoms with Gasteiger partial charge in [0.2, 0.25) is 0 Å². The Labute approximate surface area is 135 Å². The van der Waals surface area contributed by atoms with Gasteiger partial charge in [-0.15, -0.1) is 0 Å². The number of nitrogens with one attached hydrogen (secondary N) is 1. The highest BCUT2D eigenvalue weighted by Gasteiger charge is 2.13. The van der Waals surface area contributed by atoms with Gasteiger partial charge in [-0.25, -0.2) is 0 Å². The summed E-state index contributed by atoms with van der Waals surface area (Å²) in [6.07, 6.45) is 0. The molecule has 0 saturated heterocycles. The van der Waals surface area contributed by atoms with Gasteiger partial charge in [-0.2, -0.15) is 5.10 Å². The molecule has 2 heterocycles. The van der Waals surface area contributed by atoms with Crippen molar-refractivity contribution < 1.29 is 4.79 Å². The van der Waals surface area contributed by atoms with Crippen LogP contribution in [0.3, 0.4) is 0 Å². The lowest BCUT2D eigenvalue weighted by atomic mass is 10.1. The fourth-order valence-corrected chi connectivity index (χ4v) is 3.00. The van der Waals surface area contributed by atoms with E-state index in [-0.39, 0.29) is 5.91 Å². The Morgan fingerprint density at radius 1 is 1.13 bits per heavy atom. The molecule has 0 aliphatic heterocycles. The third-order valence-corrected chi connectivity index (χ3v) is 4.17. The highest BCUT2D eigenvalue weighted by Crippen LogP contribution is 2.25. The van der Waals surface area contributed by atoms with Crippen LogP contribution in [0.2, 0.25) is 0 Å². The van der Waals surface area contributed by atoms with Crippen LogP contribution in [0.5, 0.6) is 0 Å². The first-order chi connectivity index (χ1) is 10.9. The van der Waals surface area contributed by atoms with Gasteiger partial charge in [-0.1, -0.05) is 6.07 Å². The maximum Gasteiger partial charge on any atom is 0.256 e. The number of hydrogen-bond acceptors (Lipinski definition) is 2. The van der Waals surface area contributed by atoms with Gasteiger partial charge in [0.25, 0.3) is 5.91 Å². The summed E-state index contributed by atoms with van der Waals surface area (Å²) in [4.78, 5) is 12.5. The Morgan fingerprint density at radius 2 is 1.87 bits per heavy atom. The summed E-state index contributed by atoms with van der Waals surface area (Å²) < 4.78 is 3.99. The number of rotatable bonds is 3. The molecule has 0 bridgehead atoms. The molecule has 0 fully saturated rings. The molecule has 5 heteroatoms. The third-order valence-electron chi connectivity index (χ3n) is 4.17. The summed E-state index contributed by atoms with van der Waals surface area (Å²) in [5, 5.41) is 8.28. The number of aryl methyl sites for hydroxylation is 3. The van der Waals surface area contributed by atoms with E-state index in [2.05, 4.69) is 41.8 Å². The zero-order valence-corrected chi connectivity index (χ0v) is 14.2. The molecule has 120 valence electrons. The molecule has 0 radical (unpaired) electrons. The molecule has 0 aliphatic carbocycles. The molecule has 0 unspecified atom stereocenters. The van der Waals surface area contributed by atoms with Crippen LogP contribution in [0, 0.1) is 13.8 Å². The fraction of sp³-hybridized carbons (Fsp3) is 0.333. The topological polar surface area (TPSA) is 51.9 Å². The van der Waals surface area contributed by atoms with Crippen molar-refractivity contribution in [2.75, 3.05) is 5.32 Å². The van der Waals surface area contributed by atoms with E-state index in [0.717, 1.165) is 16.6 Å². The summed E-state index contributed by atoms with van der Waals surface area (Å²) in [6, 6.07) is 10.2. The number of amides is 1. The van der Waals surface area contributed by atoms with Gasteiger partial charge in [0.05, 0.1) is 0 Å². The highest BCUT2D eigenvalue weighted by atomic mass is 16.1. The lowest BCUT2D eigenvalue weighted by Crippen LogP contribution is -2.13. The lowest BCUT2D eigenvalue weighted by molar-refractivity contribution is 0.102. The van der Waals surface area contributed by atoms with Crippen molar-refractivity contribution in [2.45, 2.75) is 33.7 Å². The molecule has 3 rings (SSSR count). The van der Waals surface area contributed by atoms with E-state index in [9.17, 15) is 4.79 Å². The van der Waals surface area contributed by atoms with Crippen LogP contribution in [0.15, 0.2) is 30.3 Å². The Kier molecular flexibility index (Phi) is 3.72. The second kappa shape index (κ2) is 5.57. The van der Waals surface area contributed by atoms with E-state index < -0.39 is 0 Å². The first kappa shape index (κ1) is 15.3. The maximum atomic E-state index is 12.5. The van der Waals surface area contributed by atoms with E-state index in [0.29, 0.717) is 17.4 Å². The second-order valence-corrected chi connectivity index (χ2v) is 6.27. The fourth-order valence-electron chi connectivity index (χ4n) is 3.00. The third kappa shape index (κ3) is 2.74. The van der Waals surface area contributed by atoms with Crippen LogP contribution in [0.25, 0.3) is 10.9 Å². The highest BCUT2D eigenvalue weighted by molar-refractivity contribution is 6.05. The van der Waals surface area contributed by atoms with Crippen molar-refractivity contribution in [3.8, 4) is 0 Å². The minimum Gasteiger partial charge on any atom is -0.342 e. The zero-order valence-electron chi connectivity index (χ0n) is 14.2. The number of anilines is 1. The summed E-state index contributed by atoms with van der Waals surface area (Å²) in [7, 11) is 1.86. The molecule has 0 aliphatic rings. The van der Waals surface area contributed by atoms with Gasteiger partial charge < -0.3 is 9.88 Å². The smallest absolute Gasteiger partial charge is 0.256 e. The predicted molar refractivity (Wildman–Crippen MR) is 93.0 cm³/mol. The first-order valence-corrected chi connectivity index (χ1v) is 7.80. The molecule has 2 aromatic heterocycles. The van der Waals surface area contributed by atoms with Gasteiger partial charge in [-0.05, 0) is 51.3 Å². The van der Waals surface area contributed by atoms with Crippen molar-refractivity contribution in [2.24, 2.45) is 7.05 Å². The number of benzene rings is 1. The lowest BCUT2D eigenvalue weighted by Gasteiger charge is -2.13. The summed E-state index contributed by atoms with van der Waals surface area (Å²) >= 11 is 0. The summed E-state index contributed by atoms with van der Waals surface area (Å²) in [6.45, 7) is 8.34. The Balaban J connectivity index is 1.96. The minimum atomic E-state index is -0.140. The molecule has 0 saturated carbocycles. The van der Waals surface area contributed by atoms with E-state index >= 15 is 0 Å². The molecule has 1 aromatic carbocycles. The molecule has 3 aromatic rings. The number of aromatic nitrogens is 3. The molecular formula is C18H22N4O. The zero-order chi connectivity index (χ0) is 16.7. The Hall–Kier alpha value is -2.56.